The van der Waals surface area contributed by atoms with E-state index in [1.165, 1.54) is 10.4 Å². The number of thiophene rings is 1. The van der Waals surface area contributed by atoms with Gasteiger partial charge in [-0.05, 0) is 37.4 Å². The van der Waals surface area contributed by atoms with Crippen molar-refractivity contribution < 1.29 is 0 Å². The third-order valence-corrected chi connectivity index (χ3v) is 4.28. The lowest BCUT2D eigenvalue weighted by Crippen LogP contribution is -2.17. The van der Waals surface area contributed by atoms with Crippen molar-refractivity contribution in [3.05, 3.63) is 40.1 Å². The summed E-state index contributed by atoms with van der Waals surface area (Å²) in [5.74, 6) is 1.15. The van der Waals surface area contributed by atoms with Crippen molar-refractivity contribution in [2.45, 2.75) is 25.8 Å². The van der Waals surface area contributed by atoms with Crippen molar-refractivity contribution in [3.8, 4) is 0 Å². The molecule has 0 spiro atoms. The number of hydrogen-bond donors (Lipinski definition) is 1. The maximum Gasteiger partial charge on any atom is 0.108 e. The van der Waals surface area contributed by atoms with Gasteiger partial charge in [-0.3, -0.25) is 0 Å². The van der Waals surface area contributed by atoms with E-state index in [9.17, 15) is 0 Å². The standard InChI is InChI=1S/C13H19N3S/c1-10-6-9-17-13(10)11(14-2)4-5-12-15-7-8-16(12)3/h6-9,11,14H,4-5H2,1-3H3. The molecule has 92 valence electrons. The summed E-state index contributed by atoms with van der Waals surface area (Å²) in [6.45, 7) is 2.18. The molecule has 2 rings (SSSR count). The Morgan fingerprint density at radius 2 is 2.35 bits per heavy atom. The van der Waals surface area contributed by atoms with E-state index in [1.807, 2.05) is 37.8 Å². The third kappa shape index (κ3) is 2.76. The number of nitrogens with one attached hydrogen (secondary N) is 1. The van der Waals surface area contributed by atoms with E-state index in [0.717, 1.165) is 18.7 Å². The summed E-state index contributed by atoms with van der Waals surface area (Å²) in [6, 6.07) is 2.62. The highest BCUT2D eigenvalue weighted by atomic mass is 32.1. The van der Waals surface area contributed by atoms with Crippen molar-refractivity contribution in [1.29, 1.82) is 0 Å². The fourth-order valence-corrected chi connectivity index (χ4v) is 3.13. The van der Waals surface area contributed by atoms with Crippen LogP contribution in [0.4, 0.5) is 0 Å². The molecule has 17 heavy (non-hydrogen) atoms. The first-order valence-corrected chi connectivity index (χ1v) is 6.77. The van der Waals surface area contributed by atoms with Crippen LogP contribution in [0, 0.1) is 6.92 Å². The van der Waals surface area contributed by atoms with Gasteiger partial charge in [0.1, 0.15) is 5.82 Å². The fourth-order valence-electron chi connectivity index (χ4n) is 2.06. The minimum atomic E-state index is 0.437. The van der Waals surface area contributed by atoms with Crippen LogP contribution in [0.2, 0.25) is 0 Å². The summed E-state index contributed by atoms with van der Waals surface area (Å²) in [5.41, 5.74) is 1.38. The number of aryl methyl sites for hydroxylation is 3. The summed E-state index contributed by atoms with van der Waals surface area (Å²) in [5, 5.41) is 5.56. The van der Waals surface area contributed by atoms with Crippen LogP contribution in [-0.2, 0) is 13.5 Å². The maximum absolute atomic E-state index is 4.36. The lowest BCUT2D eigenvalue weighted by atomic mass is 10.1. The third-order valence-electron chi connectivity index (χ3n) is 3.14. The van der Waals surface area contributed by atoms with Crippen LogP contribution in [0.3, 0.4) is 0 Å². The zero-order valence-corrected chi connectivity index (χ0v) is 11.4. The summed E-state index contributed by atoms with van der Waals surface area (Å²) in [6.07, 6.45) is 5.95. The molecule has 0 saturated heterocycles. The summed E-state index contributed by atoms with van der Waals surface area (Å²) >= 11 is 1.83. The van der Waals surface area contributed by atoms with Crippen LogP contribution in [0.25, 0.3) is 0 Å². The summed E-state index contributed by atoms with van der Waals surface area (Å²) in [7, 11) is 4.08. The van der Waals surface area contributed by atoms with Crippen LogP contribution in [0.1, 0.15) is 28.7 Å². The fraction of sp³-hybridized carbons (Fsp3) is 0.462. The average molecular weight is 249 g/mol. The van der Waals surface area contributed by atoms with Gasteiger partial charge in [-0.2, -0.15) is 0 Å². The van der Waals surface area contributed by atoms with Gasteiger partial charge in [-0.25, -0.2) is 4.98 Å². The summed E-state index contributed by atoms with van der Waals surface area (Å²) < 4.78 is 2.09. The lowest BCUT2D eigenvalue weighted by molar-refractivity contribution is 0.542. The Kier molecular flexibility index (Phi) is 3.97. The molecular formula is C13H19N3S. The Bertz CT molecular complexity index is 472. The Balaban J connectivity index is 2.02. The van der Waals surface area contributed by atoms with Gasteiger partial charge in [0.2, 0.25) is 0 Å². The minimum Gasteiger partial charge on any atom is -0.338 e. The molecule has 2 aromatic rings. The van der Waals surface area contributed by atoms with Crippen molar-refractivity contribution in [1.82, 2.24) is 14.9 Å². The molecule has 0 amide bonds. The SMILES string of the molecule is CNC(CCc1nccn1C)c1sccc1C. The first-order valence-electron chi connectivity index (χ1n) is 5.90. The normalized spacial score (nSPS) is 12.9. The van der Waals surface area contributed by atoms with Crippen LogP contribution in [-0.4, -0.2) is 16.6 Å². The molecule has 0 saturated carbocycles. The maximum atomic E-state index is 4.36. The first-order chi connectivity index (χ1) is 8.22. The minimum absolute atomic E-state index is 0.437. The van der Waals surface area contributed by atoms with Gasteiger partial charge in [-0.1, -0.05) is 0 Å². The molecule has 1 unspecified atom stereocenters. The predicted octanol–water partition coefficient (Wildman–Crippen LogP) is 2.68. The molecular weight excluding hydrogens is 230 g/mol. The van der Waals surface area contributed by atoms with E-state index in [1.54, 1.807) is 0 Å². The number of imidazole rings is 1. The quantitative estimate of drug-likeness (QED) is 0.883. The van der Waals surface area contributed by atoms with Crippen LogP contribution in [0.15, 0.2) is 23.8 Å². The van der Waals surface area contributed by atoms with Gasteiger partial charge < -0.3 is 9.88 Å². The van der Waals surface area contributed by atoms with Crippen molar-refractivity contribution in [3.63, 3.8) is 0 Å². The van der Waals surface area contributed by atoms with Gasteiger partial charge in [0, 0.05) is 36.8 Å². The number of rotatable bonds is 5. The second kappa shape index (κ2) is 5.47. The molecule has 0 radical (unpaired) electrons. The van der Waals surface area contributed by atoms with Gasteiger partial charge in [0.25, 0.3) is 0 Å². The van der Waals surface area contributed by atoms with Gasteiger partial charge in [-0.15, -0.1) is 11.3 Å². The molecule has 0 aromatic carbocycles. The molecule has 0 bridgehead atoms. The van der Waals surface area contributed by atoms with Crippen LogP contribution >= 0.6 is 11.3 Å². The van der Waals surface area contributed by atoms with Crippen molar-refractivity contribution in [2.75, 3.05) is 7.05 Å². The zero-order valence-electron chi connectivity index (χ0n) is 10.6. The molecule has 2 aromatic heterocycles. The molecule has 0 aliphatic carbocycles. The topological polar surface area (TPSA) is 29.9 Å². The lowest BCUT2D eigenvalue weighted by Gasteiger charge is -2.15. The first kappa shape index (κ1) is 12.3. The molecule has 2 heterocycles. The van der Waals surface area contributed by atoms with Gasteiger partial charge in [0.05, 0.1) is 0 Å². The number of hydrogen-bond acceptors (Lipinski definition) is 3. The Labute approximate surface area is 107 Å². The van der Waals surface area contributed by atoms with Crippen molar-refractivity contribution >= 4 is 11.3 Å². The highest BCUT2D eigenvalue weighted by molar-refractivity contribution is 7.10. The molecule has 0 aliphatic rings. The molecule has 0 aliphatic heterocycles. The molecule has 1 atom stereocenters. The Morgan fingerprint density at radius 3 is 2.88 bits per heavy atom. The largest absolute Gasteiger partial charge is 0.338 e. The summed E-state index contributed by atoms with van der Waals surface area (Å²) in [4.78, 5) is 5.81. The Morgan fingerprint density at radius 1 is 1.53 bits per heavy atom. The Hall–Kier alpha value is -1.13. The van der Waals surface area contributed by atoms with E-state index in [-0.39, 0.29) is 0 Å². The monoisotopic (exact) mass is 249 g/mol. The van der Waals surface area contributed by atoms with Gasteiger partial charge in [0.15, 0.2) is 0 Å². The van der Waals surface area contributed by atoms with E-state index in [0.29, 0.717) is 6.04 Å². The molecule has 0 fully saturated rings. The predicted molar refractivity (Wildman–Crippen MR) is 72.4 cm³/mol. The second-order valence-corrected chi connectivity index (χ2v) is 5.25. The highest BCUT2D eigenvalue weighted by Gasteiger charge is 2.14. The van der Waals surface area contributed by atoms with Gasteiger partial charge >= 0.3 is 0 Å². The van der Waals surface area contributed by atoms with Crippen LogP contribution in [0.5, 0.6) is 0 Å². The molecule has 4 heteroatoms. The molecule has 1 N–H and O–H groups in total. The van der Waals surface area contributed by atoms with Crippen LogP contribution < -0.4 is 5.32 Å². The zero-order chi connectivity index (χ0) is 12.3. The molecule has 3 nitrogen and oxygen atoms in total. The van der Waals surface area contributed by atoms with E-state index in [4.69, 9.17) is 0 Å². The van der Waals surface area contributed by atoms with E-state index >= 15 is 0 Å². The number of aromatic nitrogens is 2. The van der Waals surface area contributed by atoms with E-state index < -0.39 is 0 Å². The highest BCUT2D eigenvalue weighted by Crippen LogP contribution is 2.26. The smallest absolute Gasteiger partial charge is 0.108 e. The second-order valence-electron chi connectivity index (χ2n) is 4.30. The van der Waals surface area contributed by atoms with E-state index in [2.05, 4.69) is 33.2 Å². The number of nitrogens with zero attached hydrogens (tertiary/aromatic N) is 2. The average Bonchev–Trinajstić information content (AvgIpc) is 2.90. The van der Waals surface area contributed by atoms with Crippen molar-refractivity contribution in [2.24, 2.45) is 7.05 Å².